The molecule has 0 heterocycles. The Labute approximate surface area is 166 Å². The molecule has 0 spiro atoms. The first-order valence-corrected chi connectivity index (χ1v) is 9.26. The molecule has 0 aliphatic carbocycles. The van der Waals surface area contributed by atoms with Crippen molar-refractivity contribution in [2.24, 2.45) is 0 Å². The maximum Gasteiger partial charge on any atom is 0.189 e. The lowest BCUT2D eigenvalue weighted by Crippen LogP contribution is -2.10. The van der Waals surface area contributed by atoms with Gasteiger partial charge in [-0.3, -0.25) is 4.79 Å². The molecule has 142 valence electrons. The van der Waals surface area contributed by atoms with Crippen molar-refractivity contribution in [1.29, 1.82) is 0 Å². The number of hydrogen-bond donors (Lipinski definition) is 0. The molecule has 0 aliphatic rings. The van der Waals surface area contributed by atoms with E-state index >= 15 is 0 Å². The monoisotopic (exact) mass is 371 g/mol. The van der Waals surface area contributed by atoms with E-state index < -0.39 is 0 Å². The number of hydrogen-bond acceptors (Lipinski definition) is 3. The predicted octanol–water partition coefficient (Wildman–Crippen LogP) is 5.32. The lowest BCUT2D eigenvalue weighted by Gasteiger charge is -2.10. The van der Waals surface area contributed by atoms with Crippen LogP contribution in [0.25, 0.3) is 17.2 Å². The normalized spacial score (nSPS) is 11.1. The number of carbonyl (C=O) groups is 1. The van der Waals surface area contributed by atoms with Crippen LogP contribution in [0.5, 0.6) is 5.75 Å². The van der Waals surface area contributed by atoms with Crippen molar-refractivity contribution in [1.82, 2.24) is 4.90 Å². The zero-order chi connectivity index (χ0) is 19.9. The number of ether oxygens (including phenoxy) is 1. The van der Waals surface area contributed by atoms with Crippen molar-refractivity contribution >= 4 is 11.9 Å². The molecule has 3 nitrogen and oxygen atoms in total. The van der Waals surface area contributed by atoms with Gasteiger partial charge in [-0.25, -0.2) is 0 Å². The summed E-state index contributed by atoms with van der Waals surface area (Å²) in [5.74, 6) is 0.503. The lowest BCUT2D eigenvalue weighted by molar-refractivity contribution is 0.104. The molecule has 0 saturated heterocycles. The third kappa shape index (κ3) is 4.96. The van der Waals surface area contributed by atoms with Crippen LogP contribution in [0, 0.1) is 0 Å². The van der Waals surface area contributed by atoms with Crippen LogP contribution in [0.2, 0.25) is 0 Å². The number of ketones is 1. The highest BCUT2D eigenvalue weighted by molar-refractivity contribution is 6.09. The molecule has 0 saturated carbocycles. The summed E-state index contributed by atoms with van der Waals surface area (Å²) in [6.45, 7) is 0.864. The molecule has 0 aliphatic heterocycles. The summed E-state index contributed by atoms with van der Waals surface area (Å²) in [5.41, 5.74) is 4.84. The van der Waals surface area contributed by atoms with Crippen LogP contribution in [0.4, 0.5) is 0 Å². The fraction of sp³-hybridized carbons (Fsp3) is 0.160. The van der Waals surface area contributed by atoms with Gasteiger partial charge in [-0.15, -0.1) is 0 Å². The summed E-state index contributed by atoms with van der Waals surface area (Å²) in [6.07, 6.45) is 3.47. The molecule has 0 aromatic heterocycles. The quantitative estimate of drug-likeness (QED) is 0.416. The van der Waals surface area contributed by atoms with Gasteiger partial charge in [0.1, 0.15) is 5.75 Å². The van der Waals surface area contributed by atoms with Crippen molar-refractivity contribution in [3.8, 4) is 16.9 Å². The first kappa shape index (κ1) is 19.6. The van der Waals surface area contributed by atoms with Crippen LogP contribution in [0.1, 0.15) is 21.5 Å². The average molecular weight is 371 g/mol. The molecule has 3 rings (SSSR count). The molecular formula is C25H25NO2. The molecule has 0 atom stereocenters. The molecule has 0 fully saturated rings. The number of methoxy groups -OCH3 is 1. The minimum atomic E-state index is -0.0763. The van der Waals surface area contributed by atoms with Gasteiger partial charge in [0.15, 0.2) is 5.78 Å². The fourth-order valence-electron chi connectivity index (χ4n) is 3.13. The van der Waals surface area contributed by atoms with E-state index in [9.17, 15) is 4.79 Å². The third-order valence-electron chi connectivity index (χ3n) is 4.45. The van der Waals surface area contributed by atoms with Crippen molar-refractivity contribution in [2.45, 2.75) is 6.54 Å². The highest BCUT2D eigenvalue weighted by atomic mass is 16.5. The third-order valence-corrected chi connectivity index (χ3v) is 4.45. The summed E-state index contributed by atoms with van der Waals surface area (Å²) in [4.78, 5) is 15.0. The van der Waals surface area contributed by atoms with Gasteiger partial charge in [0.25, 0.3) is 0 Å². The van der Waals surface area contributed by atoms with Gasteiger partial charge in [0.2, 0.25) is 0 Å². The van der Waals surface area contributed by atoms with Gasteiger partial charge in [0, 0.05) is 6.54 Å². The second kappa shape index (κ2) is 9.16. The first-order chi connectivity index (χ1) is 13.6. The van der Waals surface area contributed by atoms with Crippen molar-refractivity contribution < 1.29 is 9.53 Å². The minimum absolute atomic E-state index is 0.0763. The summed E-state index contributed by atoms with van der Waals surface area (Å²) in [7, 11) is 5.67. The summed E-state index contributed by atoms with van der Waals surface area (Å²) < 4.78 is 5.41. The van der Waals surface area contributed by atoms with E-state index in [0.717, 1.165) is 23.2 Å². The predicted molar refractivity (Wildman–Crippen MR) is 116 cm³/mol. The second-order valence-electron chi connectivity index (χ2n) is 6.96. The zero-order valence-corrected chi connectivity index (χ0v) is 16.6. The van der Waals surface area contributed by atoms with Gasteiger partial charge in [-0.1, -0.05) is 66.7 Å². The maximum absolute atomic E-state index is 12.9. The summed E-state index contributed by atoms with van der Waals surface area (Å²) in [6, 6.07) is 23.9. The molecular weight excluding hydrogens is 346 g/mol. The van der Waals surface area contributed by atoms with Gasteiger partial charge in [-0.2, -0.15) is 0 Å². The SMILES string of the molecule is COc1ccc(-c2ccccc2)cc1C(=O)C=Cc1cccc(CN(C)C)c1. The first-order valence-electron chi connectivity index (χ1n) is 9.26. The molecule has 0 bridgehead atoms. The molecule has 0 amide bonds. The van der Waals surface area contributed by atoms with Crippen LogP contribution in [0.15, 0.2) is 78.9 Å². The molecule has 3 aromatic carbocycles. The Balaban J connectivity index is 1.86. The largest absolute Gasteiger partial charge is 0.496 e. The minimum Gasteiger partial charge on any atom is -0.496 e. The van der Waals surface area contributed by atoms with Crippen LogP contribution in [0.3, 0.4) is 0 Å². The van der Waals surface area contributed by atoms with Crippen molar-refractivity contribution in [3.05, 3.63) is 95.6 Å². The summed E-state index contributed by atoms with van der Waals surface area (Å²) in [5, 5.41) is 0. The Morgan fingerprint density at radius 3 is 2.43 bits per heavy atom. The highest BCUT2D eigenvalue weighted by Crippen LogP contribution is 2.27. The van der Waals surface area contributed by atoms with E-state index in [0.29, 0.717) is 11.3 Å². The number of carbonyl (C=O) groups excluding carboxylic acids is 1. The van der Waals surface area contributed by atoms with Gasteiger partial charge >= 0.3 is 0 Å². The lowest BCUT2D eigenvalue weighted by atomic mass is 10.00. The Hall–Kier alpha value is -3.17. The molecule has 0 unspecified atom stereocenters. The van der Waals surface area contributed by atoms with E-state index in [4.69, 9.17) is 4.74 Å². The molecule has 0 N–H and O–H groups in total. The van der Waals surface area contributed by atoms with E-state index in [1.165, 1.54) is 5.56 Å². The van der Waals surface area contributed by atoms with Crippen LogP contribution < -0.4 is 4.74 Å². The van der Waals surface area contributed by atoms with E-state index in [2.05, 4.69) is 17.0 Å². The standard InChI is InChI=1S/C25H25NO2/c1-26(2)18-20-9-7-8-19(16-20)12-14-24(27)23-17-22(13-15-25(23)28-3)21-10-5-4-6-11-21/h4-17H,18H2,1-3H3. The van der Waals surface area contributed by atoms with Crippen LogP contribution in [-0.2, 0) is 6.54 Å². The van der Waals surface area contributed by atoms with Crippen molar-refractivity contribution in [2.75, 3.05) is 21.2 Å². The van der Waals surface area contributed by atoms with Gasteiger partial charge in [-0.05, 0) is 54.6 Å². The van der Waals surface area contributed by atoms with E-state index in [1.54, 1.807) is 13.2 Å². The van der Waals surface area contributed by atoms with E-state index in [-0.39, 0.29) is 5.78 Å². The van der Waals surface area contributed by atoms with Gasteiger partial charge < -0.3 is 9.64 Å². The maximum atomic E-state index is 12.9. The number of benzene rings is 3. The van der Waals surface area contributed by atoms with Crippen LogP contribution >= 0.6 is 0 Å². The summed E-state index contributed by atoms with van der Waals surface area (Å²) >= 11 is 0. The fourth-order valence-corrected chi connectivity index (χ4v) is 3.13. The van der Waals surface area contributed by atoms with E-state index in [1.807, 2.05) is 80.8 Å². The van der Waals surface area contributed by atoms with Crippen LogP contribution in [-0.4, -0.2) is 31.9 Å². The number of nitrogens with zero attached hydrogens (tertiary/aromatic N) is 1. The van der Waals surface area contributed by atoms with Gasteiger partial charge in [0.05, 0.1) is 12.7 Å². The Morgan fingerprint density at radius 2 is 1.71 bits per heavy atom. The second-order valence-corrected chi connectivity index (χ2v) is 6.96. The molecule has 3 heteroatoms. The van der Waals surface area contributed by atoms with Crippen molar-refractivity contribution in [3.63, 3.8) is 0 Å². The zero-order valence-electron chi connectivity index (χ0n) is 16.6. The topological polar surface area (TPSA) is 29.5 Å². The Morgan fingerprint density at radius 1 is 0.929 bits per heavy atom. The number of allylic oxidation sites excluding steroid dienone is 1. The molecule has 3 aromatic rings. The Kier molecular flexibility index (Phi) is 6.41. The Bertz CT molecular complexity index is 975. The smallest absolute Gasteiger partial charge is 0.189 e. The molecule has 28 heavy (non-hydrogen) atoms. The average Bonchev–Trinajstić information content (AvgIpc) is 2.72. The molecule has 0 radical (unpaired) electrons. The highest BCUT2D eigenvalue weighted by Gasteiger charge is 2.11. The number of rotatable bonds is 7.